The lowest BCUT2D eigenvalue weighted by molar-refractivity contribution is -0.830. The molecule has 1 aromatic carbocycles. The molecule has 2 rings (SSSR count). The number of nitrogens with two attached hydrogens (primary N) is 1. The summed E-state index contributed by atoms with van der Waals surface area (Å²) < 4.78 is 4.84. The molecule has 2 N–H and O–H groups in total. The molecule has 1 aromatic rings. The van der Waals surface area contributed by atoms with Crippen molar-refractivity contribution in [2.75, 3.05) is 25.2 Å². The molecule has 1 aliphatic heterocycles. The molecule has 0 unspecified atom stereocenters. The SMILES string of the molecule is CO[NH2+]c1cc(Cl)c(N2CCOC2=O)c(Cl)c1. The fraction of sp³-hybridized carbons (Fsp3) is 0.300. The second kappa shape index (κ2) is 5.10. The molecule has 0 radical (unpaired) electrons. The summed E-state index contributed by atoms with van der Waals surface area (Å²) in [5.41, 5.74) is 2.73. The van der Waals surface area contributed by atoms with Crippen molar-refractivity contribution in [3.05, 3.63) is 22.2 Å². The average molecular weight is 278 g/mol. The molecule has 0 aliphatic carbocycles. The summed E-state index contributed by atoms with van der Waals surface area (Å²) in [5, 5.41) is 0.777. The number of carbonyl (C=O) groups excluding carboxylic acids is 1. The van der Waals surface area contributed by atoms with E-state index in [9.17, 15) is 4.79 Å². The van der Waals surface area contributed by atoms with Gasteiger partial charge < -0.3 is 4.74 Å². The summed E-state index contributed by atoms with van der Waals surface area (Å²) in [6.45, 7) is 0.795. The van der Waals surface area contributed by atoms with Crippen molar-refractivity contribution in [3.63, 3.8) is 0 Å². The van der Waals surface area contributed by atoms with Crippen LogP contribution < -0.4 is 10.4 Å². The summed E-state index contributed by atoms with van der Waals surface area (Å²) in [5.74, 6) is 0. The zero-order chi connectivity index (χ0) is 12.4. The van der Waals surface area contributed by atoms with E-state index in [4.69, 9.17) is 32.8 Å². The summed E-state index contributed by atoms with van der Waals surface area (Å²) >= 11 is 12.2. The fourth-order valence-electron chi connectivity index (χ4n) is 1.64. The quantitative estimate of drug-likeness (QED) is 0.676. The van der Waals surface area contributed by atoms with E-state index in [0.717, 1.165) is 5.69 Å². The number of hydrogen-bond donors (Lipinski definition) is 1. The normalized spacial score (nSPS) is 15.2. The molecule has 17 heavy (non-hydrogen) atoms. The first kappa shape index (κ1) is 12.4. The number of hydrogen-bond acceptors (Lipinski definition) is 3. The number of quaternary nitrogens is 1. The first-order valence-corrected chi connectivity index (χ1v) is 5.68. The van der Waals surface area contributed by atoms with Gasteiger partial charge in [0.2, 0.25) is 0 Å². The van der Waals surface area contributed by atoms with Crippen LogP contribution in [0.2, 0.25) is 10.0 Å². The Morgan fingerprint density at radius 2 is 2.06 bits per heavy atom. The topological polar surface area (TPSA) is 55.4 Å². The summed E-state index contributed by atoms with van der Waals surface area (Å²) in [6, 6.07) is 3.36. The van der Waals surface area contributed by atoms with Gasteiger partial charge in [0.1, 0.15) is 6.61 Å². The Bertz CT molecular complexity index is 430. The maximum Gasteiger partial charge on any atom is 0.414 e. The van der Waals surface area contributed by atoms with Crippen LogP contribution in [0.3, 0.4) is 0 Å². The number of ether oxygens (including phenoxy) is 1. The van der Waals surface area contributed by atoms with Gasteiger partial charge in [-0.2, -0.15) is 5.48 Å². The first-order chi connectivity index (χ1) is 8.13. The Hall–Kier alpha value is -1.01. The van der Waals surface area contributed by atoms with E-state index in [1.54, 1.807) is 12.1 Å². The van der Waals surface area contributed by atoms with Crippen molar-refractivity contribution < 1.29 is 19.8 Å². The minimum atomic E-state index is -0.433. The molecule has 1 fully saturated rings. The molecule has 1 saturated heterocycles. The second-order valence-electron chi connectivity index (χ2n) is 3.45. The molecule has 7 heteroatoms. The van der Waals surface area contributed by atoms with Crippen molar-refractivity contribution >= 4 is 40.7 Å². The Morgan fingerprint density at radius 1 is 1.41 bits per heavy atom. The van der Waals surface area contributed by atoms with Gasteiger partial charge in [0.25, 0.3) is 0 Å². The van der Waals surface area contributed by atoms with Crippen LogP contribution in [0.4, 0.5) is 16.2 Å². The third kappa shape index (κ3) is 2.47. The molecular weight excluding hydrogens is 267 g/mol. The number of rotatable bonds is 3. The van der Waals surface area contributed by atoms with E-state index < -0.39 is 6.09 Å². The molecule has 0 aromatic heterocycles. The van der Waals surface area contributed by atoms with Crippen LogP contribution in [0, 0.1) is 0 Å². The van der Waals surface area contributed by atoms with Gasteiger partial charge in [-0.05, 0) is 0 Å². The molecular formula is C10H11Cl2N2O3+. The molecule has 1 heterocycles. The van der Waals surface area contributed by atoms with E-state index in [1.807, 2.05) is 0 Å². The van der Waals surface area contributed by atoms with Crippen molar-refractivity contribution in [2.45, 2.75) is 0 Å². The van der Waals surface area contributed by atoms with E-state index >= 15 is 0 Å². The first-order valence-electron chi connectivity index (χ1n) is 4.93. The standard InChI is InChI=1S/C10H10Cl2N2O3/c1-16-13-6-4-7(11)9(8(12)5-6)14-2-3-17-10(14)15/h4-5,13H,2-3H2,1H3/p+1. The van der Waals surface area contributed by atoms with Crippen LogP contribution in [0.15, 0.2) is 12.1 Å². The highest BCUT2D eigenvalue weighted by Crippen LogP contribution is 2.36. The highest BCUT2D eigenvalue weighted by molar-refractivity contribution is 6.40. The summed E-state index contributed by atoms with van der Waals surface area (Å²) in [6.07, 6.45) is -0.433. The van der Waals surface area contributed by atoms with Gasteiger partial charge in [-0.25, -0.2) is 9.63 Å². The van der Waals surface area contributed by atoms with Gasteiger partial charge in [0.05, 0.1) is 29.4 Å². The number of carbonyl (C=O) groups is 1. The van der Waals surface area contributed by atoms with Gasteiger partial charge in [0, 0.05) is 12.1 Å². The van der Waals surface area contributed by atoms with Crippen LogP contribution in [0.25, 0.3) is 0 Å². The van der Waals surface area contributed by atoms with Crippen molar-refractivity contribution in [1.82, 2.24) is 0 Å². The molecule has 0 saturated carbocycles. The van der Waals surface area contributed by atoms with E-state index in [0.29, 0.717) is 28.9 Å². The van der Waals surface area contributed by atoms with E-state index in [2.05, 4.69) is 0 Å². The number of halogens is 2. The lowest BCUT2D eigenvalue weighted by Gasteiger charge is -2.16. The molecule has 1 amide bonds. The number of cyclic esters (lactones) is 1. The number of benzene rings is 1. The minimum absolute atomic E-state index is 0.345. The van der Waals surface area contributed by atoms with Gasteiger partial charge >= 0.3 is 6.09 Å². The van der Waals surface area contributed by atoms with Crippen LogP contribution in [-0.4, -0.2) is 26.4 Å². The van der Waals surface area contributed by atoms with Gasteiger partial charge in [0.15, 0.2) is 5.69 Å². The average Bonchev–Trinajstić information content (AvgIpc) is 2.64. The molecule has 92 valence electrons. The molecule has 0 atom stereocenters. The molecule has 1 aliphatic rings. The Morgan fingerprint density at radius 3 is 2.53 bits per heavy atom. The van der Waals surface area contributed by atoms with Crippen molar-refractivity contribution in [2.24, 2.45) is 0 Å². The van der Waals surface area contributed by atoms with E-state index in [-0.39, 0.29) is 0 Å². The van der Waals surface area contributed by atoms with Crippen LogP contribution in [0.5, 0.6) is 0 Å². The van der Waals surface area contributed by atoms with Gasteiger partial charge in [-0.1, -0.05) is 23.2 Å². The van der Waals surface area contributed by atoms with E-state index in [1.165, 1.54) is 17.5 Å². The number of amides is 1. The third-order valence-corrected chi connectivity index (χ3v) is 2.90. The Balaban J connectivity index is 2.37. The van der Waals surface area contributed by atoms with Crippen molar-refractivity contribution in [1.29, 1.82) is 0 Å². The molecule has 5 nitrogen and oxygen atoms in total. The summed E-state index contributed by atoms with van der Waals surface area (Å²) in [4.78, 5) is 17.7. The van der Waals surface area contributed by atoms with Crippen LogP contribution in [-0.2, 0) is 9.57 Å². The lowest BCUT2D eigenvalue weighted by Crippen LogP contribution is -2.75. The smallest absolute Gasteiger partial charge is 0.414 e. The van der Waals surface area contributed by atoms with Crippen molar-refractivity contribution in [3.8, 4) is 0 Å². The highest BCUT2D eigenvalue weighted by Gasteiger charge is 2.28. The molecule has 0 spiro atoms. The minimum Gasteiger partial charge on any atom is -0.447 e. The highest BCUT2D eigenvalue weighted by atomic mass is 35.5. The Kier molecular flexibility index (Phi) is 3.73. The zero-order valence-electron chi connectivity index (χ0n) is 9.07. The van der Waals surface area contributed by atoms with Crippen LogP contribution >= 0.6 is 23.2 Å². The largest absolute Gasteiger partial charge is 0.447 e. The predicted octanol–water partition coefficient (Wildman–Crippen LogP) is 1.71. The monoisotopic (exact) mass is 277 g/mol. The number of anilines is 1. The second-order valence-corrected chi connectivity index (χ2v) is 4.27. The summed E-state index contributed by atoms with van der Waals surface area (Å²) in [7, 11) is 1.54. The zero-order valence-corrected chi connectivity index (χ0v) is 10.6. The van der Waals surface area contributed by atoms with Gasteiger partial charge in [-0.3, -0.25) is 4.90 Å². The maximum absolute atomic E-state index is 11.4. The lowest BCUT2D eigenvalue weighted by atomic mass is 10.2. The van der Waals surface area contributed by atoms with Crippen LogP contribution in [0.1, 0.15) is 0 Å². The Labute approximate surface area is 108 Å². The van der Waals surface area contributed by atoms with Gasteiger partial charge in [-0.15, -0.1) is 0 Å². The number of nitrogens with zero attached hydrogens (tertiary/aromatic N) is 1. The molecule has 0 bridgehead atoms. The fourth-order valence-corrected chi connectivity index (χ4v) is 2.35. The maximum atomic E-state index is 11.4. The predicted molar refractivity (Wildman–Crippen MR) is 63.8 cm³/mol. The third-order valence-electron chi connectivity index (χ3n) is 2.32.